The normalized spacial score (nSPS) is 25.7. The van der Waals surface area contributed by atoms with E-state index in [1.165, 1.54) is 0 Å². The molecule has 1 unspecified atom stereocenters. The van der Waals surface area contributed by atoms with Crippen LogP contribution in [0.1, 0.15) is 43.0 Å². The first-order chi connectivity index (χ1) is 18.8. The number of hydrogen-bond acceptors (Lipinski definition) is 6. The summed E-state index contributed by atoms with van der Waals surface area (Å²) in [6, 6.07) is 6.91. The fraction of sp³-hybridized carbons (Fsp3) is 0.517. The van der Waals surface area contributed by atoms with Gasteiger partial charge in [-0.25, -0.2) is 9.07 Å². The van der Waals surface area contributed by atoms with Crippen molar-refractivity contribution in [1.29, 1.82) is 0 Å². The van der Waals surface area contributed by atoms with E-state index in [1.54, 1.807) is 41.4 Å². The molecule has 208 valence electrons. The number of allylic oxidation sites excluding steroid dienone is 4. The Labute approximate surface area is 229 Å². The smallest absolute Gasteiger partial charge is 0.251 e. The summed E-state index contributed by atoms with van der Waals surface area (Å²) in [4.78, 5) is 30.7. The SMILES string of the molecule is CN1CCN(C(=O)[C@H](CCCN[C@@H]2C[C@H]2C2(C)C=CC(F)=CC2)NC(=O)c2ccc(-n3ccnn3)cc2)CC1. The van der Waals surface area contributed by atoms with Crippen LogP contribution < -0.4 is 10.6 Å². The van der Waals surface area contributed by atoms with Gasteiger partial charge >= 0.3 is 0 Å². The number of rotatable bonds is 10. The second kappa shape index (κ2) is 11.8. The fourth-order valence-electron chi connectivity index (χ4n) is 5.60. The van der Waals surface area contributed by atoms with Crippen LogP contribution in [0.15, 0.2) is 60.7 Å². The second-order valence-electron chi connectivity index (χ2n) is 11.2. The Balaban J connectivity index is 1.16. The summed E-state index contributed by atoms with van der Waals surface area (Å²) in [5, 5.41) is 14.4. The fourth-order valence-corrected chi connectivity index (χ4v) is 5.60. The molecule has 1 aromatic carbocycles. The van der Waals surface area contributed by atoms with Gasteiger partial charge in [0.15, 0.2) is 0 Å². The lowest BCUT2D eigenvalue weighted by atomic mass is 9.78. The Bertz CT molecular complexity index is 1200. The van der Waals surface area contributed by atoms with E-state index in [2.05, 4.69) is 39.8 Å². The molecule has 2 aliphatic carbocycles. The van der Waals surface area contributed by atoms with Gasteiger partial charge in [0.2, 0.25) is 5.91 Å². The molecule has 4 atom stereocenters. The van der Waals surface area contributed by atoms with Crippen molar-refractivity contribution in [3.63, 3.8) is 0 Å². The zero-order valence-electron chi connectivity index (χ0n) is 22.7. The molecule has 1 saturated heterocycles. The van der Waals surface area contributed by atoms with Crippen LogP contribution >= 0.6 is 0 Å². The van der Waals surface area contributed by atoms with Gasteiger partial charge in [-0.3, -0.25) is 9.59 Å². The minimum atomic E-state index is -0.584. The third-order valence-corrected chi connectivity index (χ3v) is 8.31. The third-order valence-electron chi connectivity index (χ3n) is 8.31. The molecule has 2 aromatic rings. The maximum atomic E-state index is 13.5. The third kappa shape index (κ3) is 6.62. The van der Waals surface area contributed by atoms with E-state index in [0.717, 1.165) is 44.6 Å². The number of likely N-dealkylation sites (N-methyl/N-ethyl adjacent to an activating group) is 1. The molecule has 9 nitrogen and oxygen atoms in total. The van der Waals surface area contributed by atoms with Crippen LogP contribution in [0.5, 0.6) is 0 Å². The van der Waals surface area contributed by atoms with Crippen molar-refractivity contribution in [1.82, 2.24) is 35.4 Å². The van der Waals surface area contributed by atoms with Crippen molar-refractivity contribution in [2.75, 3.05) is 39.8 Å². The molecule has 1 aromatic heterocycles. The maximum absolute atomic E-state index is 13.5. The number of hydrogen-bond donors (Lipinski definition) is 2. The molecule has 3 aliphatic rings. The Morgan fingerprint density at radius 1 is 1.18 bits per heavy atom. The Morgan fingerprint density at radius 2 is 1.95 bits per heavy atom. The van der Waals surface area contributed by atoms with Crippen molar-refractivity contribution < 1.29 is 14.0 Å². The van der Waals surface area contributed by atoms with Crippen molar-refractivity contribution >= 4 is 11.8 Å². The van der Waals surface area contributed by atoms with Crippen LogP contribution in [0.25, 0.3) is 5.69 Å². The molecule has 0 radical (unpaired) electrons. The highest BCUT2D eigenvalue weighted by atomic mass is 19.1. The van der Waals surface area contributed by atoms with Gasteiger partial charge in [-0.2, -0.15) is 0 Å². The molecule has 1 saturated carbocycles. The first-order valence-corrected chi connectivity index (χ1v) is 13.9. The van der Waals surface area contributed by atoms with E-state index in [0.29, 0.717) is 37.0 Å². The molecule has 10 heteroatoms. The predicted octanol–water partition coefficient (Wildman–Crippen LogP) is 2.72. The molecular formula is C29H38FN7O2. The van der Waals surface area contributed by atoms with E-state index in [-0.39, 0.29) is 23.1 Å². The summed E-state index contributed by atoms with van der Waals surface area (Å²) in [5.41, 5.74) is 1.29. The number of nitrogens with one attached hydrogen (secondary N) is 2. The molecule has 2 fully saturated rings. The summed E-state index contributed by atoms with van der Waals surface area (Å²) in [6.07, 6.45) is 11.7. The highest BCUT2D eigenvalue weighted by molar-refractivity contribution is 5.97. The van der Waals surface area contributed by atoms with Crippen LogP contribution in [-0.4, -0.2) is 88.5 Å². The maximum Gasteiger partial charge on any atom is 0.251 e. The van der Waals surface area contributed by atoms with Gasteiger partial charge in [0.1, 0.15) is 11.9 Å². The van der Waals surface area contributed by atoms with Gasteiger partial charge in [-0.05, 0) is 87.0 Å². The number of piperazine rings is 1. The number of aromatic nitrogens is 3. The largest absolute Gasteiger partial charge is 0.340 e. The van der Waals surface area contributed by atoms with Crippen LogP contribution in [0.4, 0.5) is 4.39 Å². The van der Waals surface area contributed by atoms with Crippen LogP contribution in [-0.2, 0) is 4.79 Å². The van der Waals surface area contributed by atoms with E-state index < -0.39 is 6.04 Å². The van der Waals surface area contributed by atoms with Gasteiger partial charge in [0.25, 0.3) is 5.91 Å². The standard InChI is InChI=1S/C29H38FN7O2/c1-29(11-9-22(30)10-12-29)24-20-26(24)31-13-3-4-25(28(39)36-18-16-35(2)17-19-36)33-27(38)21-5-7-23(8-6-21)37-15-14-32-34-37/h5-11,14-15,24-26,31H,3-4,12-13,16-20H2,1-2H3,(H,33,38)/t24-,25+,26-,29?/m1/s1. The molecule has 39 heavy (non-hydrogen) atoms. The number of amides is 2. The topological polar surface area (TPSA) is 95.4 Å². The lowest BCUT2D eigenvalue weighted by Crippen LogP contribution is -2.54. The van der Waals surface area contributed by atoms with Crippen LogP contribution in [0.3, 0.4) is 0 Å². The number of carbonyl (C=O) groups excluding carboxylic acids is 2. The highest BCUT2D eigenvalue weighted by Crippen LogP contribution is 2.50. The van der Waals surface area contributed by atoms with Crippen LogP contribution in [0.2, 0.25) is 0 Å². The van der Waals surface area contributed by atoms with E-state index in [1.807, 2.05) is 23.1 Å². The second-order valence-corrected chi connectivity index (χ2v) is 11.2. The van der Waals surface area contributed by atoms with Gasteiger partial charge in [0.05, 0.1) is 18.1 Å². The number of nitrogens with zero attached hydrogens (tertiary/aromatic N) is 5. The van der Waals surface area contributed by atoms with Crippen LogP contribution in [0, 0.1) is 11.3 Å². The van der Waals surface area contributed by atoms with Crippen molar-refractivity contribution in [3.05, 3.63) is 66.3 Å². The summed E-state index contributed by atoms with van der Waals surface area (Å²) >= 11 is 0. The lowest BCUT2D eigenvalue weighted by molar-refractivity contribution is -0.135. The zero-order chi connectivity index (χ0) is 27.4. The number of halogens is 1. The lowest BCUT2D eigenvalue weighted by Gasteiger charge is -2.35. The van der Waals surface area contributed by atoms with Crippen molar-refractivity contribution in [2.24, 2.45) is 11.3 Å². The minimum absolute atomic E-state index is 0.00930. The van der Waals surface area contributed by atoms with Crippen molar-refractivity contribution in [3.8, 4) is 5.69 Å². The molecule has 2 N–H and O–H groups in total. The summed E-state index contributed by atoms with van der Waals surface area (Å²) in [7, 11) is 2.05. The molecule has 2 heterocycles. The first kappa shape index (κ1) is 27.2. The Kier molecular flexibility index (Phi) is 8.23. The summed E-state index contributed by atoms with van der Waals surface area (Å²) in [5.74, 6) is 0.0525. The monoisotopic (exact) mass is 535 g/mol. The highest BCUT2D eigenvalue weighted by Gasteiger charge is 2.48. The quantitative estimate of drug-likeness (QED) is 0.455. The average molecular weight is 536 g/mol. The zero-order valence-corrected chi connectivity index (χ0v) is 22.7. The predicted molar refractivity (Wildman–Crippen MR) is 147 cm³/mol. The summed E-state index contributed by atoms with van der Waals surface area (Å²) < 4.78 is 15.0. The van der Waals surface area contributed by atoms with Gasteiger partial charge in [-0.1, -0.05) is 18.2 Å². The van der Waals surface area contributed by atoms with E-state index in [4.69, 9.17) is 0 Å². The van der Waals surface area contributed by atoms with Gasteiger partial charge in [0, 0.05) is 37.8 Å². The number of benzene rings is 1. The first-order valence-electron chi connectivity index (χ1n) is 13.9. The van der Waals surface area contributed by atoms with E-state index >= 15 is 0 Å². The molecule has 2 amide bonds. The minimum Gasteiger partial charge on any atom is -0.340 e. The molecule has 0 bridgehead atoms. The average Bonchev–Trinajstić information content (AvgIpc) is 3.53. The number of carbonyl (C=O) groups is 2. The Hall–Kier alpha value is -3.37. The molecule has 5 rings (SSSR count). The molecular weight excluding hydrogens is 497 g/mol. The van der Waals surface area contributed by atoms with E-state index in [9.17, 15) is 14.0 Å². The summed E-state index contributed by atoms with van der Waals surface area (Å²) in [6.45, 7) is 5.94. The Morgan fingerprint density at radius 3 is 2.62 bits per heavy atom. The molecule has 1 aliphatic heterocycles. The van der Waals surface area contributed by atoms with Gasteiger partial charge < -0.3 is 20.4 Å². The van der Waals surface area contributed by atoms with Gasteiger partial charge in [-0.15, -0.1) is 5.10 Å². The molecule has 0 spiro atoms. The van der Waals surface area contributed by atoms with Crippen molar-refractivity contribution in [2.45, 2.75) is 44.7 Å².